The fraction of sp³-hybridized carbons (Fsp3) is 0.474. The van der Waals surface area contributed by atoms with E-state index >= 15 is 0 Å². The maximum Gasteiger partial charge on any atom is 0.326 e. The van der Waals surface area contributed by atoms with E-state index in [2.05, 4.69) is 0 Å². The first-order valence-corrected chi connectivity index (χ1v) is 9.15. The van der Waals surface area contributed by atoms with E-state index in [0.29, 0.717) is 0 Å². The van der Waals surface area contributed by atoms with Gasteiger partial charge in [-0.05, 0) is 31.1 Å². The van der Waals surface area contributed by atoms with Crippen molar-refractivity contribution in [3.05, 3.63) is 39.9 Å². The standard InChI is InChI=1S/C19H18N2O7/c22-14(10-2-1-3-13(7-10)21(26)27)9-28-15(23)8-20-18(24)16-11-4-5-12(6-11)17(16)19(20)25/h1-3,7,11-12,16-17H,4-6,8-9H2/t11-,12-,16-,17-/m0/s1. The Labute approximate surface area is 159 Å². The van der Waals surface area contributed by atoms with Crippen LogP contribution in [-0.2, 0) is 19.1 Å². The Kier molecular flexibility index (Phi) is 4.44. The number of imide groups is 1. The number of hydrogen-bond donors (Lipinski definition) is 0. The van der Waals surface area contributed by atoms with Gasteiger partial charge in [-0.3, -0.25) is 34.2 Å². The van der Waals surface area contributed by atoms with Crippen LogP contribution in [0.3, 0.4) is 0 Å². The average Bonchev–Trinajstić information content (AvgIpc) is 3.36. The van der Waals surface area contributed by atoms with Gasteiger partial charge in [0.1, 0.15) is 6.54 Å². The lowest BCUT2D eigenvalue weighted by atomic mass is 9.81. The van der Waals surface area contributed by atoms with Gasteiger partial charge in [-0.15, -0.1) is 0 Å². The predicted molar refractivity (Wildman–Crippen MR) is 92.9 cm³/mol. The van der Waals surface area contributed by atoms with Crippen molar-refractivity contribution in [1.82, 2.24) is 4.90 Å². The van der Waals surface area contributed by atoms with Crippen molar-refractivity contribution in [2.75, 3.05) is 13.2 Å². The summed E-state index contributed by atoms with van der Waals surface area (Å²) in [7, 11) is 0. The molecule has 2 amide bonds. The third-order valence-corrected chi connectivity index (χ3v) is 6.05. The molecule has 2 aliphatic carbocycles. The molecule has 4 rings (SSSR count). The van der Waals surface area contributed by atoms with E-state index in [9.17, 15) is 29.3 Å². The largest absolute Gasteiger partial charge is 0.456 e. The average molecular weight is 386 g/mol. The zero-order valence-corrected chi connectivity index (χ0v) is 14.9. The van der Waals surface area contributed by atoms with Gasteiger partial charge in [0.2, 0.25) is 17.6 Å². The highest BCUT2D eigenvalue weighted by molar-refractivity contribution is 6.08. The Bertz CT molecular complexity index is 868. The first kappa shape index (κ1) is 18.3. The number of amides is 2. The number of nitro groups is 1. The third-order valence-electron chi connectivity index (χ3n) is 6.05. The van der Waals surface area contributed by atoms with Crippen LogP contribution in [0.25, 0.3) is 0 Å². The minimum absolute atomic E-state index is 0.0430. The summed E-state index contributed by atoms with van der Waals surface area (Å²) >= 11 is 0. The van der Waals surface area contributed by atoms with Crippen LogP contribution in [0.15, 0.2) is 24.3 Å². The van der Waals surface area contributed by atoms with Gasteiger partial charge in [-0.1, -0.05) is 12.1 Å². The molecule has 1 aliphatic heterocycles. The van der Waals surface area contributed by atoms with E-state index in [1.807, 2.05) is 0 Å². The number of Topliss-reactive ketones (excluding diaryl/α,β-unsaturated/α-hetero) is 1. The van der Waals surface area contributed by atoms with Crippen LogP contribution in [0, 0.1) is 33.8 Å². The highest BCUT2D eigenvalue weighted by Crippen LogP contribution is 2.56. The maximum absolute atomic E-state index is 12.6. The lowest BCUT2D eigenvalue weighted by Gasteiger charge is -2.19. The van der Waals surface area contributed by atoms with Crippen LogP contribution in [0.1, 0.15) is 29.6 Å². The number of benzene rings is 1. The molecule has 4 atom stereocenters. The van der Waals surface area contributed by atoms with Crippen molar-refractivity contribution < 1.29 is 28.8 Å². The van der Waals surface area contributed by atoms with Crippen molar-refractivity contribution >= 4 is 29.3 Å². The molecule has 1 aromatic rings. The van der Waals surface area contributed by atoms with Gasteiger partial charge in [-0.2, -0.15) is 0 Å². The van der Waals surface area contributed by atoms with Crippen LogP contribution in [0.5, 0.6) is 0 Å². The SMILES string of the molecule is O=C(CN1C(=O)[C@H]2[C@H]3CC[C@@H](C3)[C@@H]2C1=O)OCC(=O)c1cccc([N+](=O)[O-])c1. The number of esters is 1. The van der Waals surface area contributed by atoms with Crippen molar-refractivity contribution in [1.29, 1.82) is 0 Å². The Morgan fingerprint density at radius 1 is 1.14 bits per heavy atom. The lowest BCUT2D eigenvalue weighted by Crippen LogP contribution is -2.38. The molecule has 3 aliphatic rings. The summed E-state index contributed by atoms with van der Waals surface area (Å²) in [6, 6.07) is 5.09. The Balaban J connectivity index is 1.34. The molecule has 146 valence electrons. The van der Waals surface area contributed by atoms with E-state index in [1.165, 1.54) is 18.2 Å². The summed E-state index contributed by atoms with van der Waals surface area (Å²) in [6.07, 6.45) is 2.80. The molecule has 2 saturated carbocycles. The monoisotopic (exact) mass is 386 g/mol. The highest BCUT2D eigenvalue weighted by atomic mass is 16.6. The summed E-state index contributed by atoms with van der Waals surface area (Å²) in [5.41, 5.74) is -0.201. The number of nitrogens with zero attached hydrogens (tertiary/aromatic N) is 2. The molecule has 0 aromatic heterocycles. The molecule has 0 radical (unpaired) electrons. The second kappa shape index (κ2) is 6.81. The van der Waals surface area contributed by atoms with E-state index in [0.717, 1.165) is 30.2 Å². The number of non-ortho nitro benzene ring substituents is 1. The molecular formula is C19H18N2O7. The van der Waals surface area contributed by atoms with Crippen molar-refractivity contribution in [3.63, 3.8) is 0 Å². The normalized spacial score (nSPS) is 27.8. The van der Waals surface area contributed by atoms with E-state index in [-0.39, 0.29) is 46.7 Å². The number of ether oxygens (including phenoxy) is 1. The quantitative estimate of drug-likeness (QED) is 0.238. The van der Waals surface area contributed by atoms with Gasteiger partial charge in [-0.25, -0.2) is 0 Å². The topological polar surface area (TPSA) is 124 Å². The van der Waals surface area contributed by atoms with Gasteiger partial charge in [0, 0.05) is 17.7 Å². The summed E-state index contributed by atoms with van der Waals surface area (Å²) in [4.78, 5) is 60.4. The first-order valence-electron chi connectivity index (χ1n) is 9.15. The molecule has 0 N–H and O–H groups in total. The number of ketones is 1. The van der Waals surface area contributed by atoms with Crippen LogP contribution in [0.2, 0.25) is 0 Å². The first-order chi connectivity index (χ1) is 13.4. The van der Waals surface area contributed by atoms with Crippen molar-refractivity contribution in [3.8, 4) is 0 Å². The molecule has 1 heterocycles. The van der Waals surface area contributed by atoms with Gasteiger partial charge in [0.15, 0.2) is 6.61 Å². The number of carbonyl (C=O) groups is 4. The summed E-state index contributed by atoms with van der Waals surface area (Å²) < 4.78 is 4.90. The van der Waals surface area contributed by atoms with Crippen LogP contribution < -0.4 is 0 Å². The Morgan fingerprint density at radius 2 is 1.79 bits per heavy atom. The zero-order chi connectivity index (χ0) is 20.0. The van der Waals surface area contributed by atoms with E-state index in [4.69, 9.17) is 4.74 Å². The number of rotatable bonds is 6. The molecule has 1 saturated heterocycles. The summed E-state index contributed by atoms with van der Waals surface area (Å²) in [5.74, 6) is -2.27. The summed E-state index contributed by atoms with van der Waals surface area (Å²) in [6.45, 7) is -1.12. The van der Waals surface area contributed by atoms with Gasteiger partial charge in [0.05, 0.1) is 16.8 Å². The maximum atomic E-state index is 12.6. The fourth-order valence-electron chi connectivity index (χ4n) is 4.82. The van der Waals surface area contributed by atoms with Crippen molar-refractivity contribution in [2.24, 2.45) is 23.7 Å². The minimum Gasteiger partial charge on any atom is -0.456 e. The molecule has 1 aromatic carbocycles. The second-order valence-corrected chi connectivity index (χ2v) is 7.54. The van der Waals surface area contributed by atoms with E-state index < -0.39 is 29.8 Å². The van der Waals surface area contributed by atoms with Gasteiger partial charge < -0.3 is 4.74 Å². The van der Waals surface area contributed by atoms with Crippen LogP contribution in [-0.4, -0.2) is 46.5 Å². The minimum atomic E-state index is -0.854. The molecule has 2 bridgehead atoms. The van der Waals surface area contributed by atoms with Gasteiger partial charge in [0.25, 0.3) is 5.69 Å². The Morgan fingerprint density at radius 3 is 2.39 bits per heavy atom. The molecule has 0 spiro atoms. The van der Waals surface area contributed by atoms with Crippen LogP contribution >= 0.6 is 0 Å². The molecular weight excluding hydrogens is 368 g/mol. The molecule has 3 fully saturated rings. The number of carbonyl (C=O) groups excluding carboxylic acids is 4. The van der Waals surface area contributed by atoms with Crippen LogP contribution in [0.4, 0.5) is 5.69 Å². The number of hydrogen-bond acceptors (Lipinski definition) is 7. The smallest absolute Gasteiger partial charge is 0.326 e. The molecule has 9 heteroatoms. The molecule has 0 unspecified atom stereocenters. The summed E-state index contributed by atoms with van der Waals surface area (Å²) in [5, 5.41) is 10.8. The number of fused-ring (bicyclic) bond motifs is 5. The van der Waals surface area contributed by atoms with Crippen molar-refractivity contribution in [2.45, 2.75) is 19.3 Å². The lowest BCUT2D eigenvalue weighted by molar-refractivity contribution is -0.384. The second-order valence-electron chi connectivity index (χ2n) is 7.54. The predicted octanol–water partition coefficient (Wildman–Crippen LogP) is 1.35. The zero-order valence-electron chi connectivity index (χ0n) is 14.9. The number of nitro benzene ring substituents is 1. The Hall–Kier alpha value is -3.10. The third kappa shape index (κ3) is 2.96. The molecule has 28 heavy (non-hydrogen) atoms. The molecule has 9 nitrogen and oxygen atoms in total. The van der Waals surface area contributed by atoms with E-state index in [1.54, 1.807) is 0 Å². The fourth-order valence-corrected chi connectivity index (χ4v) is 4.82. The number of likely N-dealkylation sites (tertiary alicyclic amines) is 1. The van der Waals surface area contributed by atoms with Gasteiger partial charge >= 0.3 is 5.97 Å². The highest BCUT2D eigenvalue weighted by Gasteiger charge is 2.61.